The average Bonchev–Trinajstić information content (AvgIpc) is 2.82. The Labute approximate surface area is 200 Å². The summed E-state index contributed by atoms with van der Waals surface area (Å²) < 4.78 is 63.5. The van der Waals surface area contributed by atoms with Crippen LogP contribution in [0.2, 0.25) is 0 Å². The maximum atomic E-state index is 13.0. The molecule has 0 atom stereocenters. The molecule has 0 saturated carbocycles. The summed E-state index contributed by atoms with van der Waals surface area (Å²) in [4.78, 5) is 12.8. The van der Waals surface area contributed by atoms with Crippen LogP contribution < -0.4 is 10.1 Å². The molecule has 2 aromatic carbocycles. The largest absolute Gasteiger partial charge is 0.492 e. The monoisotopic (exact) mass is 511 g/mol. The van der Waals surface area contributed by atoms with Crippen molar-refractivity contribution in [2.24, 2.45) is 0 Å². The molecular weight excluding hydrogens is 482 g/mol. The molecule has 186 valence electrons. The number of nitrogens with zero attached hydrogens (tertiary/aromatic N) is 2. The molecule has 1 N–H and O–H groups in total. The van der Waals surface area contributed by atoms with Crippen molar-refractivity contribution in [2.75, 3.05) is 53.6 Å². The predicted molar refractivity (Wildman–Crippen MR) is 126 cm³/mol. The van der Waals surface area contributed by atoms with Gasteiger partial charge in [0.05, 0.1) is 29.5 Å². The third-order valence-electron chi connectivity index (χ3n) is 5.30. The van der Waals surface area contributed by atoms with Gasteiger partial charge in [0.2, 0.25) is 20.0 Å². The van der Waals surface area contributed by atoms with Crippen molar-refractivity contribution in [1.29, 1.82) is 0 Å². The van der Waals surface area contributed by atoms with Gasteiger partial charge in [0, 0.05) is 32.7 Å². The summed E-state index contributed by atoms with van der Waals surface area (Å²) in [5.41, 5.74) is 0.793. The number of morpholine rings is 1. The van der Waals surface area contributed by atoms with E-state index in [0.29, 0.717) is 24.5 Å². The van der Waals surface area contributed by atoms with E-state index in [2.05, 4.69) is 5.32 Å². The van der Waals surface area contributed by atoms with E-state index in [4.69, 9.17) is 9.47 Å². The van der Waals surface area contributed by atoms with E-state index in [1.807, 2.05) is 0 Å². The summed E-state index contributed by atoms with van der Waals surface area (Å²) >= 11 is 0. The van der Waals surface area contributed by atoms with Crippen LogP contribution in [0.1, 0.15) is 15.9 Å². The van der Waals surface area contributed by atoms with Crippen molar-refractivity contribution in [2.45, 2.75) is 16.7 Å². The van der Waals surface area contributed by atoms with Gasteiger partial charge in [0.1, 0.15) is 12.4 Å². The number of rotatable bonds is 9. The third-order valence-corrected chi connectivity index (χ3v) is 9.17. The summed E-state index contributed by atoms with van der Waals surface area (Å²) in [5, 5.41) is 2.70. The van der Waals surface area contributed by atoms with E-state index in [-0.39, 0.29) is 41.6 Å². The van der Waals surface area contributed by atoms with Crippen molar-refractivity contribution in [3.63, 3.8) is 0 Å². The van der Waals surface area contributed by atoms with Crippen molar-refractivity contribution in [3.05, 3.63) is 53.6 Å². The minimum Gasteiger partial charge on any atom is -0.492 e. The van der Waals surface area contributed by atoms with E-state index < -0.39 is 26.0 Å². The Balaban J connectivity index is 1.58. The molecule has 10 nitrogen and oxygen atoms in total. The number of benzene rings is 2. The molecule has 12 heteroatoms. The fraction of sp³-hybridized carbons (Fsp3) is 0.409. The lowest BCUT2D eigenvalue weighted by molar-refractivity contribution is 0.0730. The number of carbonyl (C=O) groups is 1. The number of hydrogen-bond donors (Lipinski definition) is 1. The van der Waals surface area contributed by atoms with Gasteiger partial charge < -0.3 is 14.8 Å². The smallest absolute Gasteiger partial charge is 0.251 e. The van der Waals surface area contributed by atoms with E-state index in [1.165, 1.54) is 36.6 Å². The summed E-state index contributed by atoms with van der Waals surface area (Å²) in [6.07, 6.45) is 0. The molecule has 3 rings (SSSR count). The third kappa shape index (κ3) is 5.94. The van der Waals surface area contributed by atoms with E-state index >= 15 is 0 Å². The second-order valence-electron chi connectivity index (χ2n) is 7.86. The number of sulfonamides is 2. The lowest BCUT2D eigenvalue weighted by Crippen LogP contribution is -2.41. The Morgan fingerprint density at radius 1 is 1.06 bits per heavy atom. The van der Waals surface area contributed by atoms with Gasteiger partial charge in [0.15, 0.2) is 0 Å². The molecule has 0 radical (unpaired) electrons. The van der Waals surface area contributed by atoms with Crippen molar-refractivity contribution < 1.29 is 31.1 Å². The molecule has 0 aromatic heterocycles. The molecule has 1 saturated heterocycles. The fourth-order valence-electron chi connectivity index (χ4n) is 3.30. The van der Waals surface area contributed by atoms with Crippen LogP contribution >= 0.6 is 0 Å². The van der Waals surface area contributed by atoms with Crippen LogP contribution in [0, 0.1) is 6.92 Å². The summed E-state index contributed by atoms with van der Waals surface area (Å²) in [6.45, 7) is 3.25. The zero-order valence-electron chi connectivity index (χ0n) is 19.4. The highest BCUT2D eigenvalue weighted by Gasteiger charge is 2.28. The maximum absolute atomic E-state index is 13.0. The SMILES string of the molecule is Cc1ccc(C(=O)NCCOc2ccc(S(=O)(=O)N(C)C)cc2)cc1S(=O)(=O)N1CCOCC1. The Morgan fingerprint density at radius 2 is 1.71 bits per heavy atom. The standard InChI is InChI=1S/C22H29N3O7S2/c1-17-4-5-18(16-21(17)34(29,30)25-11-14-31-15-12-25)22(26)23-10-13-32-19-6-8-20(9-7-19)33(27,28)24(2)3/h4-9,16H,10-15H2,1-3H3,(H,23,26). The molecule has 34 heavy (non-hydrogen) atoms. The van der Waals surface area contributed by atoms with Gasteiger partial charge >= 0.3 is 0 Å². The predicted octanol–water partition coefficient (Wildman–Crippen LogP) is 1.08. The van der Waals surface area contributed by atoms with Gasteiger partial charge in [0.25, 0.3) is 5.91 Å². The molecule has 1 fully saturated rings. The first-order valence-corrected chi connectivity index (χ1v) is 13.5. The lowest BCUT2D eigenvalue weighted by atomic mass is 10.1. The number of carbonyl (C=O) groups excluding carboxylic acids is 1. The quantitative estimate of drug-likeness (QED) is 0.500. The first kappa shape index (κ1) is 26.1. The molecule has 1 aliphatic rings. The number of nitrogens with one attached hydrogen (secondary N) is 1. The minimum absolute atomic E-state index is 0.103. The number of aryl methyl sites for hydroxylation is 1. The topological polar surface area (TPSA) is 122 Å². The van der Waals surface area contributed by atoms with Crippen molar-refractivity contribution in [3.8, 4) is 5.75 Å². The average molecular weight is 512 g/mol. The Bertz CT molecular complexity index is 1220. The Kier molecular flexibility index (Phi) is 8.31. The second kappa shape index (κ2) is 10.8. The summed E-state index contributed by atoms with van der Waals surface area (Å²) in [5.74, 6) is 0.0376. The number of ether oxygens (including phenoxy) is 2. The molecule has 0 aliphatic carbocycles. The molecule has 0 spiro atoms. The van der Waals surface area contributed by atoms with Gasteiger partial charge in [-0.3, -0.25) is 4.79 Å². The van der Waals surface area contributed by atoms with Crippen LogP contribution in [0.25, 0.3) is 0 Å². The summed E-state index contributed by atoms with van der Waals surface area (Å²) in [7, 11) is -4.33. The molecule has 0 unspecified atom stereocenters. The van der Waals surface area contributed by atoms with Gasteiger partial charge in [-0.05, 0) is 48.9 Å². The highest BCUT2D eigenvalue weighted by Crippen LogP contribution is 2.22. The van der Waals surface area contributed by atoms with Gasteiger partial charge in [-0.25, -0.2) is 21.1 Å². The van der Waals surface area contributed by atoms with E-state index in [9.17, 15) is 21.6 Å². The van der Waals surface area contributed by atoms with Crippen LogP contribution in [0.15, 0.2) is 52.3 Å². The van der Waals surface area contributed by atoms with E-state index in [0.717, 1.165) is 4.31 Å². The molecule has 0 bridgehead atoms. The zero-order chi connectivity index (χ0) is 24.9. The fourth-order valence-corrected chi connectivity index (χ4v) is 5.86. The first-order chi connectivity index (χ1) is 16.0. The number of amides is 1. The molecule has 2 aromatic rings. The van der Waals surface area contributed by atoms with Crippen molar-refractivity contribution >= 4 is 26.0 Å². The molecule has 1 amide bonds. The van der Waals surface area contributed by atoms with Gasteiger partial charge in [-0.15, -0.1) is 0 Å². The summed E-state index contributed by atoms with van der Waals surface area (Å²) in [6, 6.07) is 10.6. The highest BCUT2D eigenvalue weighted by atomic mass is 32.2. The number of hydrogen-bond acceptors (Lipinski definition) is 7. The second-order valence-corrected chi connectivity index (χ2v) is 11.9. The molecule has 1 heterocycles. The van der Waals surface area contributed by atoms with Crippen LogP contribution in [0.5, 0.6) is 5.75 Å². The van der Waals surface area contributed by atoms with Crippen LogP contribution in [-0.4, -0.2) is 84.9 Å². The maximum Gasteiger partial charge on any atom is 0.251 e. The minimum atomic E-state index is -3.73. The Morgan fingerprint density at radius 3 is 2.32 bits per heavy atom. The highest BCUT2D eigenvalue weighted by molar-refractivity contribution is 7.89. The lowest BCUT2D eigenvalue weighted by Gasteiger charge is -2.26. The molecular formula is C22H29N3O7S2. The first-order valence-electron chi connectivity index (χ1n) is 10.7. The van der Waals surface area contributed by atoms with Gasteiger partial charge in [-0.1, -0.05) is 6.07 Å². The normalized spacial score (nSPS) is 15.3. The van der Waals surface area contributed by atoms with Gasteiger partial charge in [-0.2, -0.15) is 4.31 Å². The zero-order valence-corrected chi connectivity index (χ0v) is 21.0. The van der Waals surface area contributed by atoms with Crippen molar-refractivity contribution in [1.82, 2.24) is 13.9 Å². The van der Waals surface area contributed by atoms with Crippen LogP contribution in [0.4, 0.5) is 0 Å². The van der Waals surface area contributed by atoms with E-state index in [1.54, 1.807) is 31.2 Å². The Hall–Kier alpha value is -2.51. The van der Waals surface area contributed by atoms with Crippen LogP contribution in [0.3, 0.4) is 0 Å². The molecule has 1 aliphatic heterocycles. The van der Waals surface area contributed by atoms with Crippen LogP contribution in [-0.2, 0) is 24.8 Å².